The van der Waals surface area contributed by atoms with Gasteiger partial charge in [-0.2, -0.15) is 0 Å². The largest absolute Gasteiger partial charge is 0.492 e. The summed E-state index contributed by atoms with van der Waals surface area (Å²) in [7, 11) is 0. The van der Waals surface area contributed by atoms with E-state index < -0.39 is 0 Å². The van der Waals surface area contributed by atoms with E-state index >= 15 is 0 Å². The number of thiophene rings is 2. The Morgan fingerprint density at radius 1 is 0.633 bits per heavy atom. The molecule has 0 radical (unpaired) electrons. The first-order valence-electron chi connectivity index (χ1n) is 11.7. The molecule has 2 aliphatic heterocycles. The van der Waals surface area contributed by atoms with Gasteiger partial charge in [-0.05, 0) is 87.6 Å². The molecule has 2 aromatic heterocycles. The maximum absolute atomic E-state index is 6.10. The molecular formula is C24H36N2O2S2. The molecule has 4 nitrogen and oxygen atoms in total. The summed E-state index contributed by atoms with van der Waals surface area (Å²) in [6.07, 6.45) is 10.2. The van der Waals surface area contributed by atoms with Crippen LogP contribution in [0.25, 0.3) is 0 Å². The van der Waals surface area contributed by atoms with E-state index in [1.807, 2.05) is 22.7 Å². The predicted molar refractivity (Wildman–Crippen MR) is 127 cm³/mol. The first-order valence-corrected chi connectivity index (χ1v) is 13.5. The first-order chi connectivity index (χ1) is 14.9. The Morgan fingerprint density at radius 2 is 1.07 bits per heavy atom. The third-order valence-corrected chi connectivity index (χ3v) is 7.87. The maximum atomic E-state index is 6.10. The predicted octanol–water partition coefficient (Wildman–Crippen LogP) is 6.02. The minimum absolute atomic E-state index is 0.775. The van der Waals surface area contributed by atoms with E-state index in [2.05, 4.69) is 32.7 Å². The topological polar surface area (TPSA) is 24.9 Å². The number of rotatable bonds is 11. The number of nitrogens with zero attached hydrogens (tertiary/aromatic N) is 2. The van der Waals surface area contributed by atoms with E-state index in [4.69, 9.17) is 9.47 Å². The minimum atomic E-state index is 0.775. The summed E-state index contributed by atoms with van der Waals surface area (Å²) in [5.41, 5.74) is 0. The first kappa shape index (κ1) is 22.1. The lowest BCUT2D eigenvalue weighted by molar-refractivity contribution is 0.215. The number of unbranched alkanes of at least 4 members (excludes halogenated alkanes) is 1. The highest BCUT2D eigenvalue weighted by molar-refractivity contribution is 7.10. The number of piperidine rings is 2. The second-order valence-corrected chi connectivity index (χ2v) is 10.5. The van der Waals surface area contributed by atoms with Crippen LogP contribution in [0.2, 0.25) is 0 Å². The van der Waals surface area contributed by atoms with E-state index in [1.165, 1.54) is 74.5 Å². The van der Waals surface area contributed by atoms with Gasteiger partial charge in [-0.15, -0.1) is 22.7 Å². The summed E-state index contributed by atoms with van der Waals surface area (Å²) < 4.78 is 12.2. The zero-order chi connectivity index (χ0) is 20.4. The van der Waals surface area contributed by atoms with Crippen LogP contribution >= 0.6 is 22.7 Å². The molecule has 2 aliphatic rings. The average Bonchev–Trinajstić information content (AvgIpc) is 3.41. The Bertz CT molecular complexity index is 671. The Kier molecular flexibility index (Phi) is 8.91. The second-order valence-electron chi connectivity index (χ2n) is 8.49. The highest BCUT2D eigenvalue weighted by atomic mass is 32.1. The number of likely N-dealkylation sites (tertiary alicyclic amines) is 2. The third kappa shape index (κ3) is 6.71. The van der Waals surface area contributed by atoms with Gasteiger partial charge in [-0.1, -0.05) is 12.8 Å². The van der Waals surface area contributed by atoms with Gasteiger partial charge in [-0.3, -0.25) is 9.80 Å². The molecule has 0 atom stereocenters. The lowest BCUT2D eigenvalue weighted by Crippen LogP contribution is -2.28. The van der Waals surface area contributed by atoms with Crippen molar-refractivity contribution in [2.75, 3.05) is 39.4 Å². The van der Waals surface area contributed by atoms with Crippen LogP contribution in [0.5, 0.6) is 11.5 Å². The van der Waals surface area contributed by atoms with E-state index in [0.717, 1.165) is 50.6 Å². The summed E-state index contributed by atoms with van der Waals surface area (Å²) in [4.78, 5) is 7.90. The summed E-state index contributed by atoms with van der Waals surface area (Å²) >= 11 is 3.66. The standard InChI is InChI=1S/C24H36N2O2S2/c1-3-11-25(12-4-1)19-23-21(9-17-29-23)27-15-7-8-16-28-22-10-18-30-24(22)20-26-13-5-2-6-14-26/h9-10,17-18H,1-8,11-16,19-20H2. The van der Waals surface area contributed by atoms with Gasteiger partial charge in [0.15, 0.2) is 0 Å². The molecule has 0 unspecified atom stereocenters. The molecular weight excluding hydrogens is 412 g/mol. The van der Waals surface area contributed by atoms with Crippen molar-refractivity contribution in [3.8, 4) is 11.5 Å². The second kappa shape index (κ2) is 12.1. The molecule has 2 aromatic rings. The minimum Gasteiger partial charge on any atom is -0.492 e. The third-order valence-electron chi connectivity index (χ3n) is 6.09. The molecule has 0 bridgehead atoms. The lowest BCUT2D eigenvalue weighted by atomic mass is 10.1. The van der Waals surface area contributed by atoms with Crippen LogP contribution in [-0.4, -0.2) is 49.2 Å². The summed E-state index contributed by atoms with van der Waals surface area (Å²) in [5, 5.41) is 4.33. The number of hydrogen-bond acceptors (Lipinski definition) is 6. The van der Waals surface area contributed by atoms with Crippen LogP contribution in [0.3, 0.4) is 0 Å². The van der Waals surface area contributed by atoms with Gasteiger partial charge < -0.3 is 9.47 Å². The fourth-order valence-electron chi connectivity index (χ4n) is 4.36. The Hall–Kier alpha value is -1.08. The van der Waals surface area contributed by atoms with Crippen molar-refractivity contribution in [1.29, 1.82) is 0 Å². The van der Waals surface area contributed by atoms with Crippen molar-refractivity contribution in [3.63, 3.8) is 0 Å². The molecule has 30 heavy (non-hydrogen) atoms. The Morgan fingerprint density at radius 3 is 1.50 bits per heavy atom. The summed E-state index contributed by atoms with van der Waals surface area (Å²) in [6, 6.07) is 4.28. The molecule has 4 rings (SSSR count). The zero-order valence-corrected chi connectivity index (χ0v) is 19.8. The van der Waals surface area contributed by atoms with Crippen LogP contribution in [0.4, 0.5) is 0 Å². The van der Waals surface area contributed by atoms with E-state index in [1.54, 1.807) is 0 Å². The van der Waals surface area contributed by atoms with Crippen LogP contribution in [0.1, 0.15) is 61.1 Å². The Balaban J connectivity index is 1.12. The average molecular weight is 449 g/mol. The number of hydrogen-bond donors (Lipinski definition) is 0. The van der Waals surface area contributed by atoms with E-state index in [9.17, 15) is 0 Å². The van der Waals surface area contributed by atoms with Crippen LogP contribution in [0, 0.1) is 0 Å². The molecule has 166 valence electrons. The SMILES string of the molecule is c1cc(OCCCCOc2ccsc2CN2CCCCC2)c(CN2CCCCC2)s1. The van der Waals surface area contributed by atoms with Gasteiger partial charge >= 0.3 is 0 Å². The summed E-state index contributed by atoms with van der Waals surface area (Å²) in [6.45, 7) is 8.58. The number of ether oxygens (including phenoxy) is 2. The van der Waals surface area contributed by atoms with E-state index in [0.29, 0.717) is 0 Å². The summed E-state index contributed by atoms with van der Waals surface area (Å²) in [5.74, 6) is 2.18. The smallest absolute Gasteiger partial charge is 0.134 e. The van der Waals surface area contributed by atoms with Gasteiger partial charge in [0.1, 0.15) is 11.5 Å². The lowest BCUT2D eigenvalue weighted by Gasteiger charge is -2.26. The fraction of sp³-hybridized carbons (Fsp3) is 0.667. The fourth-order valence-corrected chi connectivity index (χ4v) is 6.07. The zero-order valence-electron chi connectivity index (χ0n) is 18.2. The van der Waals surface area contributed by atoms with Crippen LogP contribution in [-0.2, 0) is 13.1 Å². The van der Waals surface area contributed by atoms with Crippen molar-refractivity contribution in [2.45, 2.75) is 64.5 Å². The maximum Gasteiger partial charge on any atom is 0.134 e. The molecule has 0 spiro atoms. The monoisotopic (exact) mass is 448 g/mol. The molecule has 0 amide bonds. The molecule has 0 aliphatic carbocycles. The van der Waals surface area contributed by atoms with Crippen molar-refractivity contribution < 1.29 is 9.47 Å². The van der Waals surface area contributed by atoms with Gasteiger partial charge in [0, 0.05) is 13.1 Å². The molecule has 0 aromatic carbocycles. The molecule has 0 saturated carbocycles. The van der Waals surface area contributed by atoms with Gasteiger partial charge in [0.25, 0.3) is 0 Å². The highest BCUT2D eigenvalue weighted by Gasteiger charge is 2.15. The van der Waals surface area contributed by atoms with Crippen molar-refractivity contribution in [3.05, 3.63) is 32.6 Å². The van der Waals surface area contributed by atoms with Gasteiger partial charge in [0.05, 0.1) is 23.0 Å². The molecule has 4 heterocycles. The molecule has 2 saturated heterocycles. The quantitative estimate of drug-likeness (QED) is 0.393. The molecule has 0 N–H and O–H groups in total. The van der Waals surface area contributed by atoms with Crippen LogP contribution in [0.15, 0.2) is 22.9 Å². The molecule has 6 heteroatoms. The normalized spacial score (nSPS) is 18.5. The van der Waals surface area contributed by atoms with Crippen molar-refractivity contribution >= 4 is 22.7 Å². The van der Waals surface area contributed by atoms with E-state index in [-0.39, 0.29) is 0 Å². The Labute approximate surface area is 189 Å². The van der Waals surface area contributed by atoms with Crippen LogP contribution < -0.4 is 9.47 Å². The highest BCUT2D eigenvalue weighted by Crippen LogP contribution is 2.29. The van der Waals surface area contributed by atoms with Crippen molar-refractivity contribution in [1.82, 2.24) is 9.80 Å². The molecule has 2 fully saturated rings. The van der Waals surface area contributed by atoms with Crippen molar-refractivity contribution in [2.24, 2.45) is 0 Å². The van der Waals surface area contributed by atoms with Gasteiger partial charge in [-0.25, -0.2) is 0 Å². The van der Waals surface area contributed by atoms with Gasteiger partial charge in [0.2, 0.25) is 0 Å².